The molecule has 0 aromatic carbocycles. The van der Waals surface area contributed by atoms with E-state index in [-0.39, 0.29) is 11.9 Å². The molecule has 0 fully saturated rings. The highest BCUT2D eigenvalue weighted by Crippen LogP contribution is 1.82. The van der Waals surface area contributed by atoms with Crippen LogP contribution < -0.4 is 5.32 Å². The first-order valence-electron chi connectivity index (χ1n) is 3.51. The van der Waals surface area contributed by atoms with Gasteiger partial charge >= 0.3 is 0 Å². The maximum absolute atomic E-state index is 10.5. The topological polar surface area (TPSA) is 38.3 Å². The Hall–Kier alpha value is -0.570. The van der Waals surface area contributed by atoms with Crippen LogP contribution in [0.3, 0.4) is 0 Å². The Morgan fingerprint density at radius 1 is 1.70 bits per heavy atom. The Balaban J connectivity index is 3.25. The third-order valence-electron chi connectivity index (χ3n) is 1.02. The molecule has 0 rings (SSSR count). The molecule has 1 atom stereocenters. The van der Waals surface area contributed by atoms with Crippen molar-refractivity contribution in [3.63, 3.8) is 0 Å². The van der Waals surface area contributed by atoms with Gasteiger partial charge in [0.2, 0.25) is 5.91 Å². The van der Waals surface area contributed by atoms with Crippen LogP contribution in [-0.4, -0.2) is 25.2 Å². The van der Waals surface area contributed by atoms with Gasteiger partial charge in [-0.15, -0.1) is 0 Å². The Morgan fingerprint density at radius 3 is 2.70 bits per heavy atom. The van der Waals surface area contributed by atoms with Crippen LogP contribution in [-0.2, 0) is 9.53 Å². The van der Waals surface area contributed by atoms with Gasteiger partial charge in [-0.1, -0.05) is 0 Å². The molecule has 1 amide bonds. The van der Waals surface area contributed by atoms with Gasteiger partial charge in [0.1, 0.15) is 0 Å². The molecule has 3 heteroatoms. The first-order chi connectivity index (χ1) is 4.66. The maximum Gasteiger partial charge on any atom is 0.217 e. The van der Waals surface area contributed by atoms with Crippen LogP contribution in [0, 0.1) is 0 Å². The number of rotatable bonds is 4. The van der Waals surface area contributed by atoms with E-state index in [1.54, 1.807) is 0 Å². The van der Waals surface area contributed by atoms with Crippen molar-refractivity contribution < 1.29 is 9.53 Å². The molecule has 0 heterocycles. The average molecular weight is 145 g/mol. The Bertz CT molecular complexity index is 104. The molecule has 0 aliphatic rings. The number of ether oxygens (including phenoxy) is 1. The van der Waals surface area contributed by atoms with E-state index in [2.05, 4.69) is 5.32 Å². The number of amides is 1. The first kappa shape index (κ1) is 9.43. The molecule has 0 radical (unpaired) electrons. The molecule has 0 aromatic heterocycles. The normalized spacial score (nSPS) is 12.7. The monoisotopic (exact) mass is 145 g/mol. The zero-order chi connectivity index (χ0) is 7.98. The predicted octanol–water partition coefficient (Wildman–Crippen LogP) is 0.547. The summed E-state index contributed by atoms with van der Waals surface area (Å²) in [6.07, 6.45) is 0. The Morgan fingerprint density at radius 2 is 2.30 bits per heavy atom. The van der Waals surface area contributed by atoms with E-state index >= 15 is 0 Å². The molecule has 0 spiro atoms. The van der Waals surface area contributed by atoms with Crippen LogP contribution in [0.1, 0.15) is 20.8 Å². The van der Waals surface area contributed by atoms with E-state index in [1.807, 2.05) is 13.8 Å². The van der Waals surface area contributed by atoms with Crippen molar-refractivity contribution in [1.82, 2.24) is 5.32 Å². The third kappa shape index (κ3) is 5.56. The molecule has 3 nitrogen and oxygen atoms in total. The van der Waals surface area contributed by atoms with Gasteiger partial charge in [0.05, 0.1) is 6.61 Å². The van der Waals surface area contributed by atoms with E-state index < -0.39 is 0 Å². The van der Waals surface area contributed by atoms with E-state index in [0.717, 1.165) is 0 Å². The van der Waals surface area contributed by atoms with Crippen molar-refractivity contribution in [3.8, 4) is 0 Å². The summed E-state index contributed by atoms with van der Waals surface area (Å²) in [6.45, 7) is 6.64. The molecular weight excluding hydrogens is 130 g/mol. The van der Waals surface area contributed by atoms with Crippen LogP contribution >= 0.6 is 0 Å². The lowest BCUT2D eigenvalue weighted by atomic mass is 10.3. The highest BCUT2D eigenvalue weighted by Gasteiger charge is 2.00. The van der Waals surface area contributed by atoms with Gasteiger partial charge in [0.15, 0.2) is 0 Å². The van der Waals surface area contributed by atoms with E-state index in [9.17, 15) is 4.79 Å². The lowest BCUT2D eigenvalue weighted by molar-refractivity contribution is -0.119. The summed E-state index contributed by atoms with van der Waals surface area (Å²) < 4.78 is 5.08. The Kier molecular flexibility index (Phi) is 4.94. The zero-order valence-corrected chi connectivity index (χ0v) is 6.81. The van der Waals surface area contributed by atoms with E-state index in [4.69, 9.17) is 4.74 Å². The lowest BCUT2D eigenvalue weighted by Crippen LogP contribution is -2.34. The highest BCUT2D eigenvalue weighted by molar-refractivity contribution is 5.73. The second kappa shape index (κ2) is 5.23. The second-order valence-electron chi connectivity index (χ2n) is 2.26. The lowest BCUT2D eigenvalue weighted by Gasteiger charge is -2.10. The van der Waals surface area contributed by atoms with Crippen LogP contribution in [0.2, 0.25) is 0 Å². The summed E-state index contributed by atoms with van der Waals surface area (Å²) in [7, 11) is 0. The van der Waals surface area contributed by atoms with Gasteiger partial charge in [-0.25, -0.2) is 0 Å². The average Bonchev–Trinajstić information content (AvgIpc) is 1.82. The molecule has 0 saturated heterocycles. The minimum absolute atomic E-state index is 0.00722. The minimum Gasteiger partial charge on any atom is -0.380 e. The van der Waals surface area contributed by atoms with Gasteiger partial charge in [-0.05, 0) is 13.8 Å². The zero-order valence-electron chi connectivity index (χ0n) is 6.81. The largest absolute Gasteiger partial charge is 0.380 e. The van der Waals surface area contributed by atoms with Crippen molar-refractivity contribution >= 4 is 5.91 Å². The smallest absolute Gasteiger partial charge is 0.217 e. The fourth-order valence-corrected chi connectivity index (χ4v) is 0.683. The Labute approximate surface area is 61.8 Å². The standard InChI is InChI=1S/C7H15NO2/c1-4-10-5-6(2)8-7(3)9/h6H,4-5H2,1-3H3,(H,8,9). The van der Waals surface area contributed by atoms with Gasteiger partial charge in [-0.2, -0.15) is 0 Å². The van der Waals surface area contributed by atoms with Gasteiger partial charge in [0, 0.05) is 19.6 Å². The summed E-state index contributed by atoms with van der Waals surface area (Å²) in [5, 5.41) is 2.71. The fraction of sp³-hybridized carbons (Fsp3) is 0.857. The van der Waals surface area contributed by atoms with E-state index in [0.29, 0.717) is 13.2 Å². The molecular formula is C7H15NO2. The molecule has 0 saturated carbocycles. The van der Waals surface area contributed by atoms with Crippen molar-refractivity contribution in [2.45, 2.75) is 26.8 Å². The maximum atomic E-state index is 10.5. The first-order valence-corrected chi connectivity index (χ1v) is 3.51. The van der Waals surface area contributed by atoms with Crippen molar-refractivity contribution in [2.24, 2.45) is 0 Å². The number of carbonyl (C=O) groups is 1. The molecule has 0 aliphatic carbocycles. The fourth-order valence-electron chi connectivity index (χ4n) is 0.683. The SMILES string of the molecule is CCOCC(C)NC(C)=O. The van der Waals surface area contributed by atoms with Gasteiger partial charge < -0.3 is 10.1 Å². The van der Waals surface area contributed by atoms with Crippen LogP contribution in [0.5, 0.6) is 0 Å². The summed E-state index contributed by atoms with van der Waals surface area (Å²) >= 11 is 0. The quantitative estimate of drug-likeness (QED) is 0.627. The molecule has 10 heavy (non-hydrogen) atoms. The second-order valence-corrected chi connectivity index (χ2v) is 2.26. The van der Waals surface area contributed by atoms with Crippen molar-refractivity contribution in [2.75, 3.05) is 13.2 Å². The minimum atomic E-state index is -0.00722. The molecule has 1 N–H and O–H groups in total. The van der Waals surface area contributed by atoms with Crippen LogP contribution in [0.4, 0.5) is 0 Å². The number of carbonyl (C=O) groups excluding carboxylic acids is 1. The molecule has 1 unspecified atom stereocenters. The summed E-state index contributed by atoms with van der Waals surface area (Å²) in [6, 6.07) is 0.123. The molecule has 0 aromatic rings. The number of hydrogen-bond donors (Lipinski definition) is 1. The van der Waals surface area contributed by atoms with Crippen LogP contribution in [0.25, 0.3) is 0 Å². The van der Waals surface area contributed by atoms with Gasteiger partial charge in [-0.3, -0.25) is 4.79 Å². The van der Waals surface area contributed by atoms with Crippen LogP contribution in [0.15, 0.2) is 0 Å². The summed E-state index contributed by atoms with van der Waals surface area (Å²) in [5.41, 5.74) is 0. The number of hydrogen-bond acceptors (Lipinski definition) is 2. The summed E-state index contributed by atoms with van der Waals surface area (Å²) in [4.78, 5) is 10.5. The predicted molar refractivity (Wildman–Crippen MR) is 39.8 cm³/mol. The van der Waals surface area contributed by atoms with E-state index in [1.165, 1.54) is 6.92 Å². The number of nitrogens with one attached hydrogen (secondary N) is 1. The molecule has 60 valence electrons. The third-order valence-corrected chi connectivity index (χ3v) is 1.02. The summed E-state index contributed by atoms with van der Waals surface area (Å²) in [5.74, 6) is -0.00722. The van der Waals surface area contributed by atoms with Crippen molar-refractivity contribution in [1.29, 1.82) is 0 Å². The van der Waals surface area contributed by atoms with Crippen molar-refractivity contribution in [3.05, 3.63) is 0 Å². The molecule has 0 aliphatic heterocycles. The molecule has 0 bridgehead atoms. The van der Waals surface area contributed by atoms with Gasteiger partial charge in [0.25, 0.3) is 0 Å². The highest BCUT2D eigenvalue weighted by atomic mass is 16.5.